The van der Waals surface area contributed by atoms with Crippen molar-refractivity contribution in [2.45, 2.75) is 0 Å². The van der Waals surface area contributed by atoms with Crippen LogP contribution < -0.4 is 0 Å². The van der Waals surface area contributed by atoms with Crippen LogP contribution in [0, 0.1) is 0 Å². The van der Waals surface area contributed by atoms with Crippen LogP contribution in [0.3, 0.4) is 0 Å². The molecular weight excluding hydrogens is 749 g/mol. The molecule has 0 N–H and O–H groups in total. The highest BCUT2D eigenvalue weighted by Crippen LogP contribution is 2.49. The third-order valence-electron chi connectivity index (χ3n) is 13.6. The van der Waals surface area contributed by atoms with Crippen molar-refractivity contribution in [1.82, 2.24) is 9.13 Å². The lowest BCUT2D eigenvalue weighted by molar-refractivity contribution is 1.18. The van der Waals surface area contributed by atoms with Crippen LogP contribution in [0.15, 0.2) is 218 Å². The summed E-state index contributed by atoms with van der Waals surface area (Å²) in [4.78, 5) is 0. The number of para-hydroxylation sites is 2. The zero-order valence-corrected chi connectivity index (χ0v) is 33.7. The Hall–Kier alpha value is -8.20. The van der Waals surface area contributed by atoms with Crippen LogP contribution in [0.4, 0.5) is 0 Å². The van der Waals surface area contributed by atoms with Gasteiger partial charge in [0.15, 0.2) is 0 Å². The van der Waals surface area contributed by atoms with Crippen molar-refractivity contribution in [3.05, 3.63) is 218 Å². The molecule has 13 aromatic rings. The fourth-order valence-corrected chi connectivity index (χ4v) is 10.9. The Bertz CT molecular complexity index is 4030. The average molecular weight is 785 g/mol. The minimum atomic E-state index is 1.17. The number of fused-ring (bicyclic) bond motifs is 12. The molecule has 0 fully saturated rings. The van der Waals surface area contributed by atoms with E-state index >= 15 is 0 Å². The summed E-state index contributed by atoms with van der Waals surface area (Å²) in [5.74, 6) is 0. The molecule has 0 bridgehead atoms. The summed E-state index contributed by atoms with van der Waals surface area (Å²) in [6, 6.07) is 81.1. The zero-order chi connectivity index (χ0) is 40.5. The number of benzene rings is 11. The Labute approximate surface area is 357 Å². The van der Waals surface area contributed by atoms with Crippen molar-refractivity contribution in [2.75, 3.05) is 0 Å². The van der Waals surface area contributed by atoms with Crippen LogP contribution in [0.1, 0.15) is 0 Å². The van der Waals surface area contributed by atoms with Gasteiger partial charge in [-0.05, 0) is 121 Å². The highest BCUT2D eigenvalue weighted by atomic mass is 15.0. The van der Waals surface area contributed by atoms with Gasteiger partial charge in [0.2, 0.25) is 0 Å². The predicted molar refractivity (Wildman–Crippen MR) is 263 cm³/mol. The second kappa shape index (κ2) is 12.7. The molecule has 1 aliphatic carbocycles. The monoisotopic (exact) mass is 784 g/mol. The molecular formula is C60H36N2. The van der Waals surface area contributed by atoms with Gasteiger partial charge in [-0.3, -0.25) is 0 Å². The van der Waals surface area contributed by atoms with Gasteiger partial charge in [-0.25, -0.2) is 0 Å². The lowest BCUT2D eigenvalue weighted by atomic mass is 9.93. The van der Waals surface area contributed by atoms with E-state index in [9.17, 15) is 0 Å². The highest BCUT2D eigenvalue weighted by molar-refractivity contribution is 6.21. The summed E-state index contributed by atoms with van der Waals surface area (Å²) >= 11 is 0. The van der Waals surface area contributed by atoms with Gasteiger partial charge < -0.3 is 9.13 Å². The molecule has 0 unspecified atom stereocenters. The van der Waals surface area contributed by atoms with Crippen molar-refractivity contribution < 1.29 is 0 Å². The summed E-state index contributed by atoms with van der Waals surface area (Å²) in [6.45, 7) is 0. The van der Waals surface area contributed by atoms with Gasteiger partial charge in [-0.1, -0.05) is 164 Å². The first-order valence-corrected chi connectivity index (χ1v) is 21.5. The summed E-state index contributed by atoms with van der Waals surface area (Å²) in [6.07, 6.45) is 0. The van der Waals surface area contributed by atoms with E-state index in [0.717, 1.165) is 0 Å². The lowest BCUT2D eigenvalue weighted by Gasteiger charge is -2.16. The number of rotatable bonds is 4. The van der Waals surface area contributed by atoms with Crippen LogP contribution in [-0.2, 0) is 0 Å². The van der Waals surface area contributed by atoms with Gasteiger partial charge in [0.1, 0.15) is 0 Å². The van der Waals surface area contributed by atoms with Crippen LogP contribution in [-0.4, -0.2) is 9.13 Å². The maximum atomic E-state index is 2.53. The van der Waals surface area contributed by atoms with E-state index in [-0.39, 0.29) is 0 Å². The van der Waals surface area contributed by atoms with Crippen LogP contribution in [0.5, 0.6) is 0 Å². The predicted octanol–water partition coefficient (Wildman–Crippen LogP) is 16.3. The Balaban J connectivity index is 0.970. The summed E-state index contributed by atoms with van der Waals surface area (Å²) < 4.78 is 4.91. The van der Waals surface area contributed by atoms with E-state index in [1.165, 1.54) is 132 Å². The second-order valence-electron chi connectivity index (χ2n) is 16.8. The molecule has 0 saturated carbocycles. The van der Waals surface area contributed by atoms with Gasteiger partial charge in [0.05, 0.1) is 27.8 Å². The molecule has 1 aliphatic rings. The van der Waals surface area contributed by atoms with E-state index in [4.69, 9.17) is 0 Å². The number of aromatic nitrogens is 2. The largest absolute Gasteiger partial charge is 0.309 e. The van der Waals surface area contributed by atoms with E-state index in [0.29, 0.717) is 0 Å². The molecule has 0 atom stereocenters. The smallest absolute Gasteiger partial charge is 0.0619 e. The normalized spacial score (nSPS) is 12.2. The van der Waals surface area contributed by atoms with Gasteiger partial charge >= 0.3 is 0 Å². The van der Waals surface area contributed by atoms with Gasteiger partial charge in [0.25, 0.3) is 0 Å². The van der Waals surface area contributed by atoms with Crippen molar-refractivity contribution in [2.24, 2.45) is 0 Å². The summed E-state index contributed by atoms with van der Waals surface area (Å²) in [5, 5.41) is 12.6. The standard InChI is InChI=1S/C60H36N2/c1-2-15-42(16-3-1)61-55-23-9-8-20-48(55)53-34-39(26-31-57(53)61)40-27-32-58-54(35-40)51-29-24-37-12-4-5-17-44(37)60(51)62(58)56-33-30-43(45-18-6-7-19-47(45)56)41-25-28-46-49-21-10-13-38-14-11-22-50(59(38)49)52(46)36-41/h1-36H. The highest BCUT2D eigenvalue weighted by Gasteiger charge is 2.23. The van der Waals surface area contributed by atoms with Gasteiger partial charge in [-0.15, -0.1) is 0 Å². The fourth-order valence-electron chi connectivity index (χ4n) is 10.9. The first-order chi connectivity index (χ1) is 30.8. The van der Waals surface area contributed by atoms with Crippen LogP contribution >= 0.6 is 0 Å². The summed E-state index contributed by atoms with van der Waals surface area (Å²) in [5.41, 5.74) is 17.4. The van der Waals surface area contributed by atoms with Crippen molar-refractivity contribution in [1.29, 1.82) is 0 Å². The lowest BCUT2D eigenvalue weighted by Crippen LogP contribution is -1.97. The zero-order valence-electron chi connectivity index (χ0n) is 33.7. The van der Waals surface area contributed by atoms with Crippen LogP contribution in [0.25, 0.3) is 132 Å². The molecule has 0 radical (unpaired) electrons. The molecule has 286 valence electrons. The molecule has 2 heterocycles. The molecule has 11 aromatic carbocycles. The maximum absolute atomic E-state index is 2.53. The fraction of sp³-hybridized carbons (Fsp3) is 0. The molecule has 0 amide bonds. The molecule has 2 aromatic heterocycles. The van der Waals surface area contributed by atoms with Crippen molar-refractivity contribution in [3.8, 4) is 55.9 Å². The number of hydrogen-bond donors (Lipinski definition) is 0. The maximum Gasteiger partial charge on any atom is 0.0619 e. The Morgan fingerprint density at radius 1 is 0.258 bits per heavy atom. The first-order valence-electron chi connectivity index (χ1n) is 21.5. The van der Waals surface area contributed by atoms with E-state index in [1.807, 2.05) is 0 Å². The third kappa shape index (κ3) is 4.64. The average Bonchev–Trinajstić information content (AvgIpc) is 3.97. The van der Waals surface area contributed by atoms with Gasteiger partial charge in [0, 0.05) is 38.0 Å². The minimum absolute atomic E-state index is 1.17. The molecule has 2 nitrogen and oxygen atoms in total. The van der Waals surface area contributed by atoms with Crippen LogP contribution in [0.2, 0.25) is 0 Å². The Morgan fingerprint density at radius 3 is 1.66 bits per heavy atom. The van der Waals surface area contributed by atoms with E-state index in [1.54, 1.807) is 0 Å². The number of hydrogen-bond acceptors (Lipinski definition) is 0. The Kier molecular flexibility index (Phi) is 6.86. The molecule has 2 heteroatoms. The second-order valence-corrected chi connectivity index (χ2v) is 16.8. The van der Waals surface area contributed by atoms with Crippen molar-refractivity contribution in [3.63, 3.8) is 0 Å². The quantitative estimate of drug-likeness (QED) is 0.168. The first kappa shape index (κ1) is 33.6. The summed E-state index contributed by atoms with van der Waals surface area (Å²) in [7, 11) is 0. The topological polar surface area (TPSA) is 9.86 Å². The molecule has 14 rings (SSSR count). The van der Waals surface area contributed by atoms with E-state index < -0.39 is 0 Å². The van der Waals surface area contributed by atoms with Crippen molar-refractivity contribution >= 4 is 75.9 Å². The minimum Gasteiger partial charge on any atom is -0.309 e. The molecule has 0 spiro atoms. The molecule has 0 aliphatic heterocycles. The number of nitrogens with zero attached hydrogens (tertiary/aromatic N) is 2. The van der Waals surface area contributed by atoms with Gasteiger partial charge in [-0.2, -0.15) is 0 Å². The SMILES string of the molecule is c1ccc(-n2c3ccccc3c3cc(-c4ccc5c(c4)c4ccc6ccccc6c4n5-c4ccc(-c5ccc6c(c5)-c5cccc7cccc-6c57)c5ccccc45)ccc32)cc1. The van der Waals surface area contributed by atoms with E-state index in [2.05, 4.69) is 228 Å². The molecule has 0 saturated heterocycles. The molecule has 62 heavy (non-hydrogen) atoms. The third-order valence-corrected chi connectivity index (χ3v) is 13.6. The Morgan fingerprint density at radius 2 is 0.855 bits per heavy atom.